The van der Waals surface area contributed by atoms with Crippen molar-refractivity contribution in [2.75, 3.05) is 6.61 Å². The summed E-state index contributed by atoms with van der Waals surface area (Å²) in [5.74, 6) is 0. The Bertz CT molecular complexity index is 502. The second-order valence-electron chi connectivity index (χ2n) is 4.45. The summed E-state index contributed by atoms with van der Waals surface area (Å²) >= 11 is 1.69. The topological polar surface area (TPSA) is 33.1 Å². The van der Waals surface area contributed by atoms with Crippen molar-refractivity contribution in [2.45, 2.75) is 33.1 Å². The molecule has 0 fully saturated rings. The highest BCUT2D eigenvalue weighted by atomic mass is 32.1. The van der Waals surface area contributed by atoms with Crippen molar-refractivity contribution in [3.8, 4) is 10.6 Å². The lowest BCUT2D eigenvalue weighted by molar-refractivity contribution is 0.300. The fraction of sp³-hybridized carbons (Fsp3) is 0.400. The summed E-state index contributed by atoms with van der Waals surface area (Å²) in [5, 5.41) is 10.1. The van der Waals surface area contributed by atoms with E-state index in [1.54, 1.807) is 11.3 Å². The molecular weight excluding hydrogens is 242 g/mol. The quantitative estimate of drug-likeness (QED) is 0.892. The maximum absolute atomic E-state index is 9.00. The van der Waals surface area contributed by atoms with Crippen LogP contribution in [0.5, 0.6) is 0 Å². The molecule has 0 amide bonds. The SMILES string of the molecule is CCCc1ccc(-c2nc(C)c(CCO)s2)cc1. The van der Waals surface area contributed by atoms with E-state index in [0.717, 1.165) is 17.1 Å². The van der Waals surface area contributed by atoms with Gasteiger partial charge in [0.25, 0.3) is 0 Å². The number of aromatic nitrogens is 1. The van der Waals surface area contributed by atoms with Gasteiger partial charge in [-0.2, -0.15) is 0 Å². The Kier molecular flexibility index (Phi) is 4.50. The van der Waals surface area contributed by atoms with Crippen LogP contribution in [-0.4, -0.2) is 16.7 Å². The van der Waals surface area contributed by atoms with Gasteiger partial charge in [-0.25, -0.2) is 4.98 Å². The summed E-state index contributed by atoms with van der Waals surface area (Å²) < 4.78 is 0. The third-order valence-corrected chi connectivity index (χ3v) is 4.24. The first-order valence-corrected chi connectivity index (χ1v) is 7.22. The van der Waals surface area contributed by atoms with Crippen molar-refractivity contribution >= 4 is 11.3 Å². The lowest BCUT2D eigenvalue weighted by atomic mass is 10.1. The Morgan fingerprint density at radius 2 is 1.89 bits per heavy atom. The molecule has 3 heteroatoms. The van der Waals surface area contributed by atoms with Gasteiger partial charge >= 0.3 is 0 Å². The summed E-state index contributed by atoms with van der Waals surface area (Å²) in [6, 6.07) is 8.65. The van der Waals surface area contributed by atoms with Gasteiger partial charge in [0.05, 0.1) is 5.69 Å². The smallest absolute Gasteiger partial charge is 0.123 e. The third-order valence-electron chi connectivity index (χ3n) is 2.97. The Hall–Kier alpha value is -1.19. The summed E-state index contributed by atoms with van der Waals surface area (Å²) in [6.45, 7) is 4.40. The van der Waals surface area contributed by atoms with Gasteiger partial charge in [-0.3, -0.25) is 0 Å². The molecule has 0 aliphatic carbocycles. The maximum atomic E-state index is 9.00. The van der Waals surface area contributed by atoms with Crippen molar-refractivity contribution < 1.29 is 5.11 Å². The van der Waals surface area contributed by atoms with Crippen LogP contribution in [0.1, 0.15) is 29.5 Å². The van der Waals surface area contributed by atoms with Crippen molar-refractivity contribution in [2.24, 2.45) is 0 Å². The Morgan fingerprint density at radius 1 is 1.17 bits per heavy atom. The number of hydrogen-bond donors (Lipinski definition) is 1. The fourth-order valence-corrected chi connectivity index (χ4v) is 3.04. The van der Waals surface area contributed by atoms with E-state index in [0.29, 0.717) is 6.42 Å². The number of thiazole rings is 1. The van der Waals surface area contributed by atoms with Crippen LogP contribution in [0.2, 0.25) is 0 Å². The second-order valence-corrected chi connectivity index (χ2v) is 5.53. The predicted octanol–water partition coefficient (Wildman–Crippen LogP) is 3.61. The molecular formula is C15H19NOS. The maximum Gasteiger partial charge on any atom is 0.123 e. The van der Waals surface area contributed by atoms with E-state index in [-0.39, 0.29) is 6.61 Å². The largest absolute Gasteiger partial charge is 0.396 e. The molecule has 1 aromatic heterocycles. The van der Waals surface area contributed by atoms with Crippen molar-refractivity contribution in [3.63, 3.8) is 0 Å². The van der Waals surface area contributed by atoms with E-state index in [9.17, 15) is 0 Å². The molecule has 0 aliphatic heterocycles. The molecule has 1 aromatic carbocycles. The van der Waals surface area contributed by atoms with E-state index in [1.165, 1.54) is 22.4 Å². The predicted molar refractivity (Wildman–Crippen MR) is 77.1 cm³/mol. The van der Waals surface area contributed by atoms with E-state index in [4.69, 9.17) is 5.11 Å². The van der Waals surface area contributed by atoms with Crippen LogP contribution >= 0.6 is 11.3 Å². The summed E-state index contributed by atoms with van der Waals surface area (Å²) in [6.07, 6.45) is 3.01. The molecule has 1 N–H and O–H groups in total. The molecule has 0 radical (unpaired) electrons. The summed E-state index contributed by atoms with van der Waals surface area (Å²) in [4.78, 5) is 5.77. The number of aliphatic hydroxyl groups is 1. The van der Waals surface area contributed by atoms with Crippen molar-refractivity contribution in [1.82, 2.24) is 4.98 Å². The van der Waals surface area contributed by atoms with Crippen LogP contribution in [0.25, 0.3) is 10.6 Å². The molecule has 2 nitrogen and oxygen atoms in total. The van der Waals surface area contributed by atoms with Gasteiger partial charge < -0.3 is 5.11 Å². The first-order chi connectivity index (χ1) is 8.74. The van der Waals surface area contributed by atoms with Crippen LogP contribution < -0.4 is 0 Å². The van der Waals surface area contributed by atoms with Gasteiger partial charge in [0.1, 0.15) is 5.01 Å². The van der Waals surface area contributed by atoms with Crippen molar-refractivity contribution in [1.29, 1.82) is 0 Å². The first-order valence-electron chi connectivity index (χ1n) is 6.41. The highest BCUT2D eigenvalue weighted by Gasteiger charge is 2.08. The fourth-order valence-electron chi connectivity index (χ4n) is 1.99. The molecule has 96 valence electrons. The van der Waals surface area contributed by atoms with Crippen LogP contribution in [0.4, 0.5) is 0 Å². The second kappa shape index (κ2) is 6.12. The average molecular weight is 261 g/mol. The van der Waals surface area contributed by atoms with E-state index < -0.39 is 0 Å². The molecule has 1 heterocycles. The number of aryl methyl sites for hydroxylation is 2. The molecule has 0 saturated carbocycles. The molecule has 0 saturated heterocycles. The zero-order valence-electron chi connectivity index (χ0n) is 10.9. The minimum atomic E-state index is 0.192. The molecule has 0 unspecified atom stereocenters. The summed E-state index contributed by atoms with van der Waals surface area (Å²) in [5.41, 5.74) is 3.60. The normalized spacial score (nSPS) is 10.8. The van der Waals surface area contributed by atoms with Crippen LogP contribution in [-0.2, 0) is 12.8 Å². The monoisotopic (exact) mass is 261 g/mol. The lowest BCUT2D eigenvalue weighted by Gasteiger charge is -2.00. The van der Waals surface area contributed by atoms with E-state index in [1.807, 2.05) is 6.92 Å². The van der Waals surface area contributed by atoms with Gasteiger partial charge in [0, 0.05) is 23.5 Å². The Labute approximate surface area is 112 Å². The Morgan fingerprint density at radius 3 is 2.50 bits per heavy atom. The minimum absolute atomic E-state index is 0.192. The standard InChI is InChI=1S/C15H19NOS/c1-3-4-12-5-7-13(8-6-12)15-16-11(2)14(18-15)9-10-17/h5-8,17H,3-4,9-10H2,1-2H3. The number of rotatable bonds is 5. The molecule has 0 aliphatic rings. The average Bonchev–Trinajstić information content (AvgIpc) is 2.73. The number of nitrogens with zero attached hydrogens (tertiary/aromatic N) is 1. The zero-order valence-corrected chi connectivity index (χ0v) is 11.8. The first kappa shape index (κ1) is 13.2. The molecule has 0 bridgehead atoms. The van der Waals surface area contributed by atoms with Crippen LogP contribution in [0, 0.1) is 6.92 Å². The minimum Gasteiger partial charge on any atom is -0.396 e. The van der Waals surface area contributed by atoms with Gasteiger partial charge in [0.15, 0.2) is 0 Å². The van der Waals surface area contributed by atoms with Gasteiger partial charge in [0.2, 0.25) is 0 Å². The number of hydrogen-bond acceptors (Lipinski definition) is 3. The van der Waals surface area contributed by atoms with E-state index in [2.05, 4.69) is 36.2 Å². The van der Waals surface area contributed by atoms with Gasteiger partial charge in [-0.1, -0.05) is 37.6 Å². The van der Waals surface area contributed by atoms with Crippen LogP contribution in [0.15, 0.2) is 24.3 Å². The molecule has 18 heavy (non-hydrogen) atoms. The van der Waals surface area contributed by atoms with Gasteiger partial charge in [-0.05, 0) is 18.9 Å². The van der Waals surface area contributed by atoms with Crippen LogP contribution in [0.3, 0.4) is 0 Å². The molecule has 0 spiro atoms. The van der Waals surface area contributed by atoms with Gasteiger partial charge in [-0.15, -0.1) is 11.3 Å². The molecule has 2 rings (SSSR count). The number of benzene rings is 1. The molecule has 0 atom stereocenters. The zero-order chi connectivity index (χ0) is 13.0. The highest BCUT2D eigenvalue weighted by Crippen LogP contribution is 2.28. The Balaban J connectivity index is 2.22. The van der Waals surface area contributed by atoms with Crippen molar-refractivity contribution in [3.05, 3.63) is 40.4 Å². The van der Waals surface area contributed by atoms with E-state index >= 15 is 0 Å². The highest BCUT2D eigenvalue weighted by molar-refractivity contribution is 7.15. The number of aliphatic hydroxyl groups excluding tert-OH is 1. The lowest BCUT2D eigenvalue weighted by Crippen LogP contribution is -1.88. The molecule has 2 aromatic rings. The summed E-state index contributed by atoms with van der Waals surface area (Å²) in [7, 11) is 0. The third kappa shape index (κ3) is 2.98.